The van der Waals surface area contributed by atoms with Crippen LogP contribution >= 0.6 is 11.6 Å². The molecule has 0 N–H and O–H groups in total. The summed E-state index contributed by atoms with van der Waals surface area (Å²) in [6.45, 7) is 2.41. The molecule has 0 unspecified atom stereocenters. The van der Waals surface area contributed by atoms with Crippen LogP contribution in [0.3, 0.4) is 0 Å². The van der Waals surface area contributed by atoms with E-state index in [1.54, 1.807) is 0 Å². The molecule has 1 fully saturated rings. The van der Waals surface area contributed by atoms with Gasteiger partial charge >= 0.3 is 0 Å². The summed E-state index contributed by atoms with van der Waals surface area (Å²) in [4.78, 5) is 2.27. The lowest BCUT2D eigenvalue weighted by molar-refractivity contribution is 0.174. The fraction of sp³-hybridized carbons (Fsp3) is 0.455. The minimum atomic E-state index is 0.302. The second-order valence-electron chi connectivity index (χ2n) is 3.82. The van der Waals surface area contributed by atoms with Crippen LogP contribution in [-0.2, 0) is 0 Å². The van der Waals surface area contributed by atoms with Gasteiger partial charge in [0.25, 0.3) is 0 Å². The van der Waals surface area contributed by atoms with Crippen LogP contribution in [0.4, 0.5) is 5.69 Å². The van der Waals surface area contributed by atoms with Gasteiger partial charge in [0.2, 0.25) is 6.79 Å². The van der Waals surface area contributed by atoms with Gasteiger partial charge in [0, 0.05) is 13.1 Å². The van der Waals surface area contributed by atoms with Gasteiger partial charge < -0.3 is 14.4 Å². The zero-order valence-electron chi connectivity index (χ0n) is 8.33. The van der Waals surface area contributed by atoms with Crippen molar-refractivity contribution in [3.63, 3.8) is 0 Å². The predicted molar refractivity (Wildman–Crippen MR) is 59.0 cm³/mol. The lowest BCUT2D eigenvalue weighted by Crippen LogP contribution is -2.18. The van der Waals surface area contributed by atoms with Crippen LogP contribution in [0.2, 0.25) is 5.02 Å². The number of benzene rings is 1. The SMILES string of the molecule is Clc1ccc2c(c1N1CCCC1)OCO2. The summed E-state index contributed by atoms with van der Waals surface area (Å²) in [6, 6.07) is 3.74. The maximum Gasteiger partial charge on any atom is 0.231 e. The highest BCUT2D eigenvalue weighted by molar-refractivity contribution is 6.33. The molecular weight excluding hydrogens is 214 g/mol. The van der Waals surface area contributed by atoms with Crippen LogP contribution in [0, 0.1) is 0 Å². The van der Waals surface area contributed by atoms with Crippen molar-refractivity contribution in [1.82, 2.24) is 0 Å². The van der Waals surface area contributed by atoms with Gasteiger partial charge in [-0.2, -0.15) is 0 Å². The van der Waals surface area contributed by atoms with Crippen LogP contribution in [0.1, 0.15) is 12.8 Å². The zero-order chi connectivity index (χ0) is 10.3. The van der Waals surface area contributed by atoms with Gasteiger partial charge in [-0.1, -0.05) is 11.6 Å². The molecule has 2 aliphatic heterocycles. The molecule has 2 aliphatic rings. The van der Waals surface area contributed by atoms with Gasteiger partial charge in [0.05, 0.1) is 5.02 Å². The first-order valence-electron chi connectivity index (χ1n) is 5.19. The number of anilines is 1. The van der Waals surface area contributed by atoms with Crippen molar-refractivity contribution in [1.29, 1.82) is 0 Å². The molecule has 3 rings (SSSR count). The standard InChI is InChI=1S/C11H12ClNO2/c12-8-3-4-9-11(15-7-14-9)10(8)13-5-1-2-6-13/h3-4H,1-2,5-7H2. The smallest absolute Gasteiger partial charge is 0.231 e. The predicted octanol–water partition coefficient (Wildman–Crippen LogP) is 2.67. The molecule has 0 aliphatic carbocycles. The summed E-state index contributed by atoms with van der Waals surface area (Å²) in [6.07, 6.45) is 2.45. The van der Waals surface area contributed by atoms with Gasteiger partial charge in [-0.05, 0) is 25.0 Å². The summed E-state index contributed by atoms with van der Waals surface area (Å²) >= 11 is 6.21. The van der Waals surface area contributed by atoms with Crippen molar-refractivity contribution in [3.8, 4) is 11.5 Å². The third-order valence-electron chi connectivity index (χ3n) is 2.89. The molecule has 4 heteroatoms. The van der Waals surface area contributed by atoms with E-state index in [-0.39, 0.29) is 0 Å². The van der Waals surface area contributed by atoms with Crippen LogP contribution in [0.25, 0.3) is 0 Å². The van der Waals surface area contributed by atoms with E-state index in [2.05, 4.69) is 4.90 Å². The van der Waals surface area contributed by atoms with E-state index >= 15 is 0 Å². The van der Waals surface area contributed by atoms with Gasteiger partial charge in [-0.15, -0.1) is 0 Å². The summed E-state index contributed by atoms with van der Waals surface area (Å²) in [5.41, 5.74) is 1.00. The Balaban J connectivity index is 2.08. The molecule has 15 heavy (non-hydrogen) atoms. The Morgan fingerprint density at radius 1 is 1.13 bits per heavy atom. The Hall–Kier alpha value is -1.09. The minimum absolute atomic E-state index is 0.302. The summed E-state index contributed by atoms with van der Waals surface area (Å²) in [7, 11) is 0. The second-order valence-corrected chi connectivity index (χ2v) is 4.23. The molecule has 0 aromatic heterocycles. The van der Waals surface area contributed by atoms with E-state index in [9.17, 15) is 0 Å². The van der Waals surface area contributed by atoms with Crippen LogP contribution in [0.5, 0.6) is 11.5 Å². The topological polar surface area (TPSA) is 21.7 Å². The molecule has 0 amide bonds. The molecule has 1 aromatic rings. The molecule has 1 saturated heterocycles. The lowest BCUT2D eigenvalue weighted by atomic mass is 10.2. The number of nitrogens with zero attached hydrogens (tertiary/aromatic N) is 1. The number of hydrogen-bond donors (Lipinski definition) is 0. The van der Waals surface area contributed by atoms with Crippen LogP contribution < -0.4 is 14.4 Å². The Morgan fingerprint density at radius 3 is 2.73 bits per heavy atom. The molecule has 0 radical (unpaired) electrons. The third kappa shape index (κ3) is 1.42. The maximum atomic E-state index is 6.21. The van der Waals surface area contributed by atoms with E-state index in [4.69, 9.17) is 21.1 Å². The fourth-order valence-electron chi connectivity index (χ4n) is 2.17. The van der Waals surface area contributed by atoms with Gasteiger partial charge in [0.15, 0.2) is 11.5 Å². The highest BCUT2D eigenvalue weighted by Gasteiger charge is 2.25. The third-order valence-corrected chi connectivity index (χ3v) is 3.19. The number of fused-ring (bicyclic) bond motifs is 1. The lowest BCUT2D eigenvalue weighted by Gasteiger charge is -2.20. The highest BCUT2D eigenvalue weighted by atomic mass is 35.5. The van der Waals surface area contributed by atoms with Gasteiger partial charge in [-0.25, -0.2) is 0 Å². The zero-order valence-corrected chi connectivity index (χ0v) is 9.09. The quantitative estimate of drug-likeness (QED) is 0.734. The number of ether oxygens (including phenoxy) is 2. The first kappa shape index (κ1) is 9.16. The Morgan fingerprint density at radius 2 is 1.93 bits per heavy atom. The molecule has 80 valence electrons. The average molecular weight is 226 g/mol. The Labute approximate surface area is 93.5 Å². The Kier molecular flexibility index (Phi) is 2.13. The molecule has 1 aromatic carbocycles. The maximum absolute atomic E-state index is 6.21. The van der Waals surface area contributed by atoms with E-state index < -0.39 is 0 Å². The van der Waals surface area contributed by atoms with Crippen molar-refractivity contribution >= 4 is 17.3 Å². The summed E-state index contributed by atoms with van der Waals surface area (Å²) < 4.78 is 10.8. The largest absolute Gasteiger partial charge is 0.454 e. The van der Waals surface area contributed by atoms with Gasteiger partial charge in [0.1, 0.15) is 5.69 Å². The fourth-order valence-corrected chi connectivity index (χ4v) is 2.44. The second kappa shape index (κ2) is 3.49. The molecular formula is C11H12ClNO2. The van der Waals surface area contributed by atoms with E-state index in [0.717, 1.165) is 35.3 Å². The molecule has 0 saturated carbocycles. The van der Waals surface area contributed by atoms with Crippen molar-refractivity contribution in [3.05, 3.63) is 17.2 Å². The monoisotopic (exact) mass is 225 g/mol. The van der Waals surface area contributed by atoms with E-state index in [0.29, 0.717) is 6.79 Å². The van der Waals surface area contributed by atoms with Crippen molar-refractivity contribution < 1.29 is 9.47 Å². The van der Waals surface area contributed by atoms with Crippen LogP contribution in [-0.4, -0.2) is 19.9 Å². The average Bonchev–Trinajstić information content (AvgIpc) is 2.85. The molecule has 0 bridgehead atoms. The van der Waals surface area contributed by atoms with Gasteiger partial charge in [-0.3, -0.25) is 0 Å². The molecule has 0 spiro atoms. The van der Waals surface area contributed by atoms with Crippen molar-refractivity contribution in [2.24, 2.45) is 0 Å². The van der Waals surface area contributed by atoms with E-state index in [1.807, 2.05) is 12.1 Å². The van der Waals surface area contributed by atoms with Crippen molar-refractivity contribution in [2.75, 3.05) is 24.8 Å². The number of halogens is 1. The molecule has 0 atom stereocenters. The molecule has 2 heterocycles. The number of rotatable bonds is 1. The summed E-state index contributed by atoms with van der Waals surface area (Å²) in [5, 5.41) is 0.751. The van der Waals surface area contributed by atoms with Crippen LogP contribution in [0.15, 0.2) is 12.1 Å². The summed E-state index contributed by atoms with van der Waals surface area (Å²) in [5.74, 6) is 1.62. The first-order valence-corrected chi connectivity index (χ1v) is 5.57. The minimum Gasteiger partial charge on any atom is -0.454 e. The highest BCUT2D eigenvalue weighted by Crippen LogP contribution is 2.46. The normalized spacial score (nSPS) is 18.6. The Bertz CT molecular complexity index is 388. The molecule has 3 nitrogen and oxygen atoms in total. The van der Waals surface area contributed by atoms with E-state index in [1.165, 1.54) is 12.8 Å². The van der Waals surface area contributed by atoms with Crippen molar-refractivity contribution in [2.45, 2.75) is 12.8 Å². The first-order chi connectivity index (χ1) is 7.36. The number of hydrogen-bond acceptors (Lipinski definition) is 3.